The van der Waals surface area contributed by atoms with Gasteiger partial charge in [0.15, 0.2) is 0 Å². The maximum Gasteiger partial charge on any atom is 0.270 e. The van der Waals surface area contributed by atoms with Gasteiger partial charge in [-0.3, -0.25) is 4.79 Å². The summed E-state index contributed by atoms with van der Waals surface area (Å²) in [5.74, 6) is 3.59. The number of aryl methyl sites for hydroxylation is 1. The Morgan fingerprint density at radius 1 is 1.06 bits per heavy atom. The lowest BCUT2D eigenvalue weighted by atomic mass is 9.97. The van der Waals surface area contributed by atoms with Crippen molar-refractivity contribution in [3.63, 3.8) is 0 Å². The summed E-state index contributed by atoms with van der Waals surface area (Å²) in [7, 11) is 0. The molecule has 5 nitrogen and oxygen atoms in total. The van der Waals surface area contributed by atoms with E-state index < -0.39 is 29.2 Å². The molecule has 1 aromatic heterocycles. The molecule has 0 bridgehead atoms. The van der Waals surface area contributed by atoms with E-state index in [4.69, 9.17) is 0 Å². The third-order valence-electron chi connectivity index (χ3n) is 4.48. The maximum atomic E-state index is 13.9. The van der Waals surface area contributed by atoms with Gasteiger partial charge >= 0.3 is 0 Å². The van der Waals surface area contributed by atoms with Gasteiger partial charge in [0.25, 0.3) is 5.91 Å². The van der Waals surface area contributed by atoms with E-state index in [-0.39, 0.29) is 17.0 Å². The molecule has 0 radical (unpaired) electrons. The molecule has 32 heavy (non-hydrogen) atoms. The molecule has 3 N–H and O–H groups in total. The lowest BCUT2D eigenvalue weighted by Crippen LogP contribution is -2.30. The van der Waals surface area contributed by atoms with Gasteiger partial charge < -0.3 is 15.5 Å². The first-order chi connectivity index (χ1) is 15.0. The van der Waals surface area contributed by atoms with Crippen LogP contribution in [0.4, 0.5) is 8.78 Å². The number of pyridine rings is 1. The van der Waals surface area contributed by atoms with Crippen LogP contribution in [0.5, 0.6) is 5.75 Å². The predicted molar refractivity (Wildman–Crippen MR) is 116 cm³/mol. The summed E-state index contributed by atoms with van der Waals surface area (Å²) in [6.07, 6.45) is 0. The first kappa shape index (κ1) is 22.9. The number of aromatic nitrogens is 1. The van der Waals surface area contributed by atoms with Crippen molar-refractivity contribution in [3.8, 4) is 17.6 Å². The number of carbonyl (C=O) groups excluding carboxylic acids is 1. The average molecular weight is 436 g/mol. The normalized spacial score (nSPS) is 11.9. The van der Waals surface area contributed by atoms with Crippen molar-refractivity contribution < 1.29 is 23.8 Å². The number of halogens is 2. The van der Waals surface area contributed by atoms with Crippen LogP contribution in [-0.4, -0.2) is 26.7 Å². The number of phenolic OH excluding ortho intramolecular Hbond substituents is 1. The van der Waals surface area contributed by atoms with Crippen LogP contribution >= 0.6 is 0 Å². The number of benzene rings is 2. The van der Waals surface area contributed by atoms with Gasteiger partial charge in [-0.2, -0.15) is 0 Å². The smallest absolute Gasteiger partial charge is 0.270 e. The highest BCUT2D eigenvalue weighted by Crippen LogP contribution is 2.30. The zero-order valence-corrected chi connectivity index (χ0v) is 17.8. The van der Waals surface area contributed by atoms with Crippen LogP contribution in [0.2, 0.25) is 0 Å². The maximum absolute atomic E-state index is 13.9. The molecule has 0 aliphatic carbocycles. The highest BCUT2D eigenvalue weighted by Gasteiger charge is 2.22. The van der Waals surface area contributed by atoms with Gasteiger partial charge in [0.2, 0.25) is 0 Å². The number of nitrogens with one attached hydrogen (secondary N) is 1. The van der Waals surface area contributed by atoms with Crippen molar-refractivity contribution in [2.24, 2.45) is 0 Å². The molecule has 2 aromatic carbocycles. The fraction of sp³-hybridized carbons (Fsp3) is 0.200. The molecule has 0 aliphatic heterocycles. The molecule has 1 heterocycles. The fourth-order valence-corrected chi connectivity index (χ4v) is 3.04. The summed E-state index contributed by atoms with van der Waals surface area (Å²) in [5.41, 5.74) is 0.409. The van der Waals surface area contributed by atoms with Gasteiger partial charge in [-0.15, -0.1) is 0 Å². The largest absolute Gasteiger partial charge is 0.508 e. The molecule has 7 heteroatoms. The first-order valence-corrected chi connectivity index (χ1v) is 9.81. The van der Waals surface area contributed by atoms with Gasteiger partial charge in [0, 0.05) is 16.8 Å². The van der Waals surface area contributed by atoms with E-state index in [1.165, 1.54) is 36.4 Å². The fourth-order valence-electron chi connectivity index (χ4n) is 3.04. The molecule has 0 aliphatic rings. The van der Waals surface area contributed by atoms with Crippen molar-refractivity contribution in [2.45, 2.75) is 32.4 Å². The van der Waals surface area contributed by atoms with Crippen molar-refractivity contribution in [2.75, 3.05) is 0 Å². The van der Waals surface area contributed by atoms with Gasteiger partial charge in [-0.1, -0.05) is 24.0 Å². The molecule has 1 unspecified atom stereocenters. The molecular formula is C25H22F2N2O3. The summed E-state index contributed by atoms with van der Waals surface area (Å²) < 4.78 is 27.3. The highest BCUT2D eigenvalue weighted by molar-refractivity contribution is 5.93. The summed E-state index contributed by atoms with van der Waals surface area (Å²) >= 11 is 0. The van der Waals surface area contributed by atoms with Gasteiger partial charge in [-0.25, -0.2) is 13.8 Å². The number of carbonyl (C=O) groups is 1. The molecule has 0 saturated carbocycles. The Balaban J connectivity index is 2.00. The minimum Gasteiger partial charge on any atom is -0.508 e. The average Bonchev–Trinajstić information content (AvgIpc) is 2.72. The zero-order chi connectivity index (χ0) is 23.5. The van der Waals surface area contributed by atoms with Crippen LogP contribution < -0.4 is 5.32 Å². The Bertz CT molecular complexity index is 1210. The van der Waals surface area contributed by atoms with Crippen LogP contribution in [0.1, 0.15) is 52.8 Å². The quantitative estimate of drug-likeness (QED) is 0.540. The molecule has 0 fully saturated rings. The van der Waals surface area contributed by atoms with Crippen LogP contribution in [0, 0.1) is 30.4 Å². The Labute approximate surface area is 184 Å². The van der Waals surface area contributed by atoms with E-state index in [1.807, 2.05) is 0 Å². The predicted octanol–water partition coefficient (Wildman–Crippen LogP) is 4.02. The lowest BCUT2D eigenvalue weighted by Gasteiger charge is -2.21. The van der Waals surface area contributed by atoms with Gasteiger partial charge in [0.1, 0.15) is 28.7 Å². The van der Waals surface area contributed by atoms with Crippen LogP contribution in [0.3, 0.4) is 0 Å². The van der Waals surface area contributed by atoms with Crippen LogP contribution in [-0.2, 0) is 0 Å². The highest BCUT2D eigenvalue weighted by atomic mass is 19.1. The van der Waals surface area contributed by atoms with E-state index in [0.717, 1.165) is 12.1 Å². The topological polar surface area (TPSA) is 82.5 Å². The van der Waals surface area contributed by atoms with Crippen molar-refractivity contribution in [3.05, 3.63) is 94.3 Å². The number of hydrogen-bond acceptors (Lipinski definition) is 4. The number of amides is 1. The second kappa shape index (κ2) is 9.16. The molecule has 1 amide bonds. The summed E-state index contributed by atoms with van der Waals surface area (Å²) in [6.45, 7) is 4.78. The van der Waals surface area contributed by atoms with Crippen molar-refractivity contribution in [1.29, 1.82) is 0 Å². The standard InChI is InChI=1S/C25H22F2N2O3/c1-15-12-16(10-11-25(2,3)32)13-21(28-15)24(31)29-23(17-4-6-18(26)7-5-17)20-14-19(27)8-9-22(20)30/h4-9,12-14,23,30,32H,1-3H3,(H,29,31). The number of hydrogen-bond donors (Lipinski definition) is 3. The number of aromatic hydroxyl groups is 1. The van der Waals surface area contributed by atoms with E-state index in [9.17, 15) is 23.8 Å². The number of rotatable bonds is 4. The summed E-state index contributed by atoms with van der Waals surface area (Å²) in [5, 5.41) is 22.8. The Morgan fingerprint density at radius 3 is 2.38 bits per heavy atom. The molecule has 0 saturated heterocycles. The third kappa shape index (κ3) is 5.90. The van der Waals surface area contributed by atoms with E-state index in [0.29, 0.717) is 16.8 Å². The zero-order valence-electron chi connectivity index (χ0n) is 17.8. The minimum atomic E-state index is -1.21. The van der Waals surface area contributed by atoms with Crippen LogP contribution in [0.15, 0.2) is 54.6 Å². The summed E-state index contributed by atoms with van der Waals surface area (Å²) in [4.78, 5) is 17.3. The molecule has 1 atom stereocenters. The minimum absolute atomic E-state index is 0.0491. The van der Waals surface area contributed by atoms with E-state index in [2.05, 4.69) is 22.1 Å². The van der Waals surface area contributed by atoms with Crippen molar-refractivity contribution in [1.82, 2.24) is 10.3 Å². The Hall–Kier alpha value is -3.76. The number of nitrogens with zero attached hydrogens (tertiary/aromatic N) is 1. The second-order valence-corrected chi connectivity index (χ2v) is 7.85. The number of aliphatic hydroxyl groups is 1. The molecular weight excluding hydrogens is 414 g/mol. The Kier molecular flexibility index (Phi) is 6.56. The monoisotopic (exact) mass is 436 g/mol. The molecule has 3 rings (SSSR count). The third-order valence-corrected chi connectivity index (χ3v) is 4.48. The Morgan fingerprint density at radius 2 is 1.72 bits per heavy atom. The van der Waals surface area contributed by atoms with Crippen LogP contribution in [0.25, 0.3) is 0 Å². The molecule has 0 spiro atoms. The van der Waals surface area contributed by atoms with Gasteiger partial charge in [0.05, 0.1) is 6.04 Å². The number of phenols is 1. The first-order valence-electron chi connectivity index (χ1n) is 9.81. The molecule has 164 valence electrons. The van der Waals surface area contributed by atoms with E-state index >= 15 is 0 Å². The summed E-state index contributed by atoms with van der Waals surface area (Å²) in [6, 6.07) is 10.9. The lowest BCUT2D eigenvalue weighted by molar-refractivity contribution is 0.0937. The van der Waals surface area contributed by atoms with E-state index in [1.54, 1.807) is 26.8 Å². The van der Waals surface area contributed by atoms with Gasteiger partial charge in [-0.05, 0) is 68.8 Å². The molecule has 3 aromatic rings. The SMILES string of the molecule is Cc1cc(C#CC(C)(C)O)cc(C(=O)NC(c2ccc(F)cc2)c2cc(F)ccc2O)n1. The second-order valence-electron chi connectivity index (χ2n) is 7.85. The van der Waals surface area contributed by atoms with Crippen molar-refractivity contribution >= 4 is 5.91 Å².